The number of quaternary nitrogens is 1. The molecule has 0 amide bonds. The van der Waals surface area contributed by atoms with Gasteiger partial charge in [-0.3, -0.25) is 18.6 Å². The summed E-state index contributed by atoms with van der Waals surface area (Å²) in [6.07, 6.45) is 77.4. The molecular formula is C62H99NO8P+. The van der Waals surface area contributed by atoms with Gasteiger partial charge in [0.25, 0.3) is 0 Å². The second-order valence-corrected chi connectivity index (χ2v) is 19.9. The van der Waals surface area contributed by atoms with Gasteiger partial charge < -0.3 is 18.9 Å². The highest BCUT2D eigenvalue weighted by molar-refractivity contribution is 7.47. The molecule has 0 fully saturated rings. The Balaban J connectivity index is 4.34. The number of rotatable bonds is 47. The summed E-state index contributed by atoms with van der Waals surface area (Å²) in [6.45, 7) is 4.08. The average Bonchev–Trinajstić information content (AvgIpc) is 3.34. The molecule has 0 aliphatic rings. The van der Waals surface area contributed by atoms with Crippen molar-refractivity contribution in [1.82, 2.24) is 0 Å². The van der Waals surface area contributed by atoms with Crippen molar-refractivity contribution < 1.29 is 42.1 Å². The minimum Gasteiger partial charge on any atom is -0.462 e. The van der Waals surface area contributed by atoms with Gasteiger partial charge in [-0.1, -0.05) is 198 Å². The summed E-state index contributed by atoms with van der Waals surface area (Å²) < 4.78 is 34.4. The Morgan fingerprint density at radius 3 is 1.15 bits per heavy atom. The number of phosphoric acid groups is 1. The first-order valence-corrected chi connectivity index (χ1v) is 28.7. The van der Waals surface area contributed by atoms with Gasteiger partial charge in [0, 0.05) is 12.8 Å². The first-order chi connectivity index (χ1) is 35.0. The Morgan fingerprint density at radius 2 is 0.764 bits per heavy atom. The zero-order chi connectivity index (χ0) is 52.7. The van der Waals surface area contributed by atoms with E-state index < -0.39 is 32.5 Å². The lowest BCUT2D eigenvalue weighted by atomic mass is 10.1. The predicted octanol–water partition coefficient (Wildman–Crippen LogP) is 16.9. The smallest absolute Gasteiger partial charge is 0.462 e. The van der Waals surface area contributed by atoms with E-state index in [-0.39, 0.29) is 26.1 Å². The number of carbonyl (C=O) groups is 2. The summed E-state index contributed by atoms with van der Waals surface area (Å²) >= 11 is 0. The number of hydrogen-bond acceptors (Lipinski definition) is 7. The summed E-state index contributed by atoms with van der Waals surface area (Å²) in [4.78, 5) is 35.6. The molecule has 10 heteroatoms. The molecule has 0 spiro atoms. The van der Waals surface area contributed by atoms with Gasteiger partial charge in [-0.25, -0.2) is 4.57 Å². The molecule has 0 aromatic rings. The van der Waals surface area contributed by atoms with E-state index in [1.165, 1.54) is 0 Å². The first-order valence-electron chi connectivity index (χ1n) is 27.2. The van der Waals surface area contributed by atoms with Crippen LogP contribution in [0.1, 0.15) is 168 Å². The predicted molar refractivity (Wildman–Crippen MR) is 306 cm³/mol. The van der Waals surface area contributed by atoms with E-state index >= 15 is 0 Å². The summed E-state index contributed by atoms with van der Waals surface area (Å²) in [7, 11) is 1.41. The van der Waals surface area contributed by atoms with Crippen molar-refractivity contribution in [3.63, 3.8) is 0 Å². The lowest BCUT2D eigenvalue weighted by Gasteiger charge is -2.24. The van der Waals surface area contributed by atoms with Crippen LogP contribution in [0.4, 0.5) is 0 Å². The molecule has 0 saturated carbocycles. The van der Waals surface area contributed by atoms with Crippen LogP contribution in [0.25, 0.3) is 0 Å². The zero-order valence-corrected chi connectivity index (χ0v) is 46.5. The molecule has 2 unspecified atom stereocenters. The number of ether oxygens (including phenoxy) is 2. The highest BCUT2D eigenvalue weighted by Crippen LogP contribution is 2.43. The van der Waals surface area contributed by atoms with E-state index in [2.05, 4.69) is 172 Å². The molecule has 9 nitrogen and oxygen atoms in total. The number of phosphoric ester groups is 1. The van der Waals surface area contributed by atoms with E-state index in [1.807, 2.05) is 21.1 Å². The average molecular weight is 1020 g/mol. The van der Waals surface area contributed by atoms with Crippen molar-refractivity contribution in [3.05, 3.63) is 158 Å². The van der Waals surface area contributed by atoms with E-state index in [0.717, 1.165) is 128 Å². The second kappa shape index (κ2) is 51.5. The highest BCUT2D eigenvalue weighted by Gasteiger charge is 2.27. The fourth-order valence-corrected chi connectivity index (χ4v) is 7.16. The Hall–Kier alpha value is -4.37. The van der Waals surface area contributed by atoms with Crippen molar-refractivity contribution in [2.24, 2.45) is 0 Å². The quantitative estimate of drug-likeness (QED) is 0.0211. The SMILES string of the molecule is CC/C=C\C/C=C\C/C=C\C/C=C\C/C=C\C/C=C\C/C=C\C/C=C\CCCCCCCCC(=O)OC(COC(=O)CCC/C=C\C/C=C\C/C=C\C/C=C\C/C=C\CC)COP(=O)(O)OCC[N+](C)(C)C. The molecule has 0 radical (unpaired) electrons. The number of esters is 2. The summed E-state index contributed by atoms with van der Waals surface area (Å²) in [5, 5.41) is 0. The van der Waals surface area contributed by atoms with E-state index in [9.17, 15) is 19.0 Å². The molecule has 0 bridgehead atoms. The number of likely N-dealkylation sites (N-methyl/N-ethyl adjacent to an activating group) is 1. The second-order valence-electron chi connectivity index (χ2n) is 18.5. The highest BCUT2D eigenvalue weighted by atomic mass is 31.2. The molecule has 72 heavy (non-hydrogen) atoms. The summed E-state index contributed by atoms with van der Waals surface area (Å²) in [5.41, 5.74) is 0. The minimum absolute atomic E-state index is 0.00967. The molecule has 0 aromatic carbocycles. The Kier molecular flexibility index (Phi) is 48.4. The third kappa shape index (κ3) is 55.0. The van der Waals surface area contributed by atoms with Gasteiger partial charge >= 0.3 is 19.8 Å². The topological polar surface area (TPSA) is 108 Å². The van der Waals surface area contributed by atoms with Crippen LogP contribution in [0.15, 0.2) is 158 Å². The number of unbranched alkanes of at least 4 members (excludes halogenated alkanes) is 7. The van der Waals surface area contributed by atoms with Crippen LogP contribution in [-0.2, 0) is 32.7 Å². The van der Waals surface area contributed by atoms with Gasteiger partial charge in [-0.05, 0) is 116 Å². The third-order valence-electron chi connectivity index (χ3n) is 10.6. The largest absolute Gasteiger partial charge is 0.472 e. The van der Waals surface area contributed by atoms with Gasteiger partial charge in [0.05, 0.1) is 27.7 Å². The maximum atomic E-state index is 12.8. The molecule has 0 saturated heterocycles. The van der Waals surface area contributed by atoms with Gasteiger partial charge in [0.1, 0.15) is 19.8 Å². The molecule has 1 N–H and O–H groups in total. The fraction of sp³-hybridized carbons (Fsp3) is 0.548. The molecule has 0 aliphatic heterocycles. The van der Waals surface area contributed by atoms with Gasteiger partial charge in [-0.15, -0.1) is 0 Å². The van der Waals surface area contributed by atoms with Crippen molar-refractivity contribution in [3.8, 4) is 0 Å². The molecule has 404 valence electrons. The maximum Gasteiger partial charge on any atom is 0.472 e. The van der Waals surface area contributed by atoms with E-state index in [1.54, 1.807) is 0 Å². The molecule has 2 atom stereocenters. The third-order valence-corrected chi connectivity index (χ3v) is 11.5. The normalized spacial score (nSPS) is 14.6. The van der Waals surface area contributed by atoms with E-state index in [0.29, 0.717) is 23.9 Å². The fourth-order valence-electron chi connectivity index (χ4n) is 6.42. The van der Waals surface area contributed by atoms with Crippen molar-refractivity contribution in [2.75, 3.05) is 47.5 Å². The number of nitrogens with zero attached hydrogens (tertiary/aromatic N) is 1. The molecular weight excluding hydrogens is 918 g/mol. The monoisotopic (exact) mass is 1020 g/mol. The summed E-state index contributed by atoms with van der Waals surface area (Å²) in [5.74, 6) is -0.900. The van der Waals surface area contributed by atoms with Crippen LogP contribution < -0.4 is 0 Å². The number of allylic oxidation sites excluding steroid dienone is 26. The van der Waals surface area contributed by atoms with Gasteiger partial charge in [0.15, 0.2) is 6.10 Å². The van der Waals surface area contributed by atoms with Crippen molar-refractivity contribution >= 4 is 19.8 Å². The van der Waals surface area contributed by atoms with Gasteiger partial charge in [0.2, 0.25) is 0 Å². The first kappa shape index (κ1) is 67.6. The molecule has 0 aromatic heterocycles. The Bertz CT molecular complexity index is 1770. The van der Waals surface area contributed by atoms with Crippen molar-refractivity contribution in [2.45, 2.75) is 174 Å². The Morgan fingerprint density at radius 1 is 0.431 bits per heavy atom. The number of hydrogen-bond donors (Lipinski definition) is 1. The lowest BCUT2D eigenvalue weighted by Crippen LogP contribution is -2.37. The van der Waals surface area contributed by atoms with Crippen LogP contribution in [-0.4, -0.2) is 74.9 Å². The van der Waals surface area contributed by atoms with Crippen LogP contribution >= 0.6 is 7.82 Å². The maximum absolute atomic E-state index is 12.8. The molecule has 0 rings (SSSR count). The van der Waals surface area contributed by atoms with Crippen LogP contribution in [0.3, 0.4) is 0 Å². The van der Waals surface area contributed by atoms with Crippen LogP contribution in [0.2, 0.25) is 0 Å². The van der Waals surface area contributed by atoms with Gasteiger partial charge in [-0.2, -0.15) is 0 Å². The standard InChI is InChI=1S/C62H98NO8P/c1-6-8-10-12-14-16-18-20-22-24-25-26-27-28-29-30-31-32-33-34-35-36-37-39-41-43-45-47-49-51-53-55-62(65)71-60(59-70-72(66,67)69-57-56-63(3,4)5)58-68-61(64)54-52-50-48-46-44-42-40-38-23-21-19-17-15-13-11-9-7-2/h8-11,14-17,20-23,25-26,28-29,31-32,34-35,37,39-40,42,46,48,60H,6-7,12-13,18-19,24,27,30,33,36,38,41,43-45,47,49-59H2,1-5H3/p+1/b10-8-,11-9-,16-14-,17-15-,22-20-,23-21-,26-25-,29-28-,32-31-,35-34-,39-37-,42-40-,48-46-. The minimum atomic E-state index is -4.41. The van der Waals surface area contributed by atoms with Crippen molar-refractivity contribution in [1.29, 1.82) is 0 Å². The Labute approximate surface area is 439 Å². The molecule has 0 heterocycles. The zero-order valence-electron chi connectivity index (χ0n) is 45.6. The van der Waals surface area contributed by atoms with Crippen LogP contribution in [0.5, 0.6) is 0 Å². The number of carbonyl (C=O) groups excluding carboxylic acids is 2. The lowest BCUT2D eigenvalue weighted by molar-refractivity contribution is -0.870. The molecule has 0 aliphatic carbocycles. The van der Waals surface area contributed by atoms with Crippen LogP contribution in [0, 0.1) is 0 Å². The van der Waals surface area contributed by atoms with E-state index in [4.69, 9.17) is 18.5 Å². The summed E-state index contributed by atoms with van der Waals surface area (Å²) in [6, 6.07) is 0.